The number of aliphatic imine (C=N–C) groups is 1. The first-order valence-electron chi connectivity index (χ1n) is 7.42. The van der Waals surface area contributed by atoms with Crippen LogP contribution in [0.25, 0.3) is 0 Å². The number of nitrogens with one attached hydrogen (secondary N) is 3. The fraction of sp³-hybridized carbons (Fsp3) is 0.562. The maximum Gasteiger partial charge on any atom is 0.191 e. The van der Waals surface area contributed by atoms with E-state index in [1.807, 2.05) is 24.3 Å². The average Bonchev–Trinajstić information content (AvgIpc) is 2.39. The van der Waals surface area contributed by atoms with Crippen molar-refractivity contribution >= 4 is 17.6 Å². The smallest absolute Gasteiger partial charge is 0.191 e. The van der Waals surface area contributed by atoms with E-state index in [9.17, 15) is 0 Å². The molecule has 0 aliphatic rings. The van der Waals surface area contributed by atoms with Crippen LogP contribution in [0.2, 0.25) is 5.02 Å². The second-order valence-electron chi connectivity index (χ2n) is 5.93. The average molecular weight is 311 g/mol. The van der Waals surface area contributed by atoms with Gasteiger partial charge in [0, 0.05) is 30.2 Å². The normalized spacial score (nSPS) is 12.3. The zero-order valence-electron chi connectivity index (χ0n) is 13.5. The third kappa shape index (κ3) is 8.58. The van der Waals surface area contributed by atoms with Crippen LogP contribution in [-0.4, -0.2) is 31.1 Å². The molecule has 1 aromatic carbocycles. The van der Waals surface area contributed by atoms with Crippen LogP contribution in [0.15, 0.2) is 29.3 Å². The summed E-state index contributed by atoms with van der Waals surface area (Å²) in [5.74, 6) is 0.827. The van der Waals surface area contributed by atoms with E-state index in [0.29, 0.717) is 6.54 Å². The van der Waals surface area contributed by atoms with Gasteiger partial charge in [-0.1, -0.05) is 23.7 Å². The molecule has 0 bridgehead atoms. The summed E-state index contributed by atoms with van der Waals surface area (Å²) >= 11 is 5.98. The summed E-state index contributed by atoms with van der Waals surface area (Å²) in [6.07, 6.45) is 0. The van der Waals surface area contributed by atoms with Gasteiger partial charge < -0.3 is 16.0 Å². The molecule has 118 valence electrons. The molecule has 0 heterocycles. The zero-order chi connectivity index (χ0) is 15.7. The highest BCUT2D eigenvalue weighted by Gasteiger charge is 2.07. The van der Waals surface area contributed by atoms with E-state index in [1.54, 1.807) is 0 Å². The van der Waals surface area contributed by atoms with Crippen molar-refractivity contribution in [2.45, 2.75) is 39.8 Å². The summed E-state index contributed by atoms with van der Waals surface area (Å²) in [6, 6.07) is 7.78. The van der Waals surface area contributed by atoms with Gasteiger partial charge >= 0.3 is 0 Å². The van der Waals surface area contributed by atoms with Crippen LogP contribution < -0.4 is 16.0 Å². The molecule has 0 unspecified atom stereocenters. The molecule has 0 atom stereocenters. The lowest BCUT2D eigenvalue weighted by Crippen LogP contribution is -2.44. The Morgan fingerprint density at radius 1 is 1.19 bits per heavy atom. The van der Waals surface area contributed by atoms with Crippen LogP contribution in [0.3, 0.4) is 0 Å². The molecule has 5 heteroatoms. The number of hydrogen-bond donors (Lipinski definition) is 3. The van der Waals surface area contributed by atoms with Gasteiger partial charge in [0.15, 0.2) is 5.96 Å². The molecule has 1 aromatic rings. The Labute approximate surface area is 133 Å². The monoisotopic (exact) mass is 310 g/mol. The topological polar surface area (TPSA) is 48.5 Å². The first-order chi connectivity index (χ1) is 9.90. The van der Waals surface area contributed by atoms with E-state index in [0.717, 1.165) is 36.2 Å². The third-order valence-electron chi connectivity index (χ3n) is 2.73. The van der Waals surface area contributed by atoms with E-state index < -0.39 is 0 Å². The molecule has 0 radical (unpaired) electrons. The molecular formula is C16H27ClN4. The van der Waals surface area contributed by atoms with E-state index in [-0.39, 0.29) is 5.54 Å². The van der Waals surface area contributed by atoms with E-state index in [1.165, 1.54) is 0 Å². The summed E-state index contributed by atoms with van der Waals surface area (Å²) in [6.45, 7) is 11.7. The molecule has 4 nitrogen and oxygen atoms in total. The fourth-order valence-electron chi connectivity index (χ4n) is 1.77. The largest absolute Gasteiger partial charge is 0.357 e. The quantitative estimate of drug-likeness (QED) is 0.430. The Hall–Kier alpha value is -1.26. The molecule has 0 fully saturated rings. The number of benzene rings is 1. The summed E-state index contributed by atoms with van der Waals surface area (Å²) in [5.41, 5.74) is 1.24. The highest BCUT2D eigenvalue weighted by molar-refractivity contribution is 6.30. The van der Waals surface area contributed by atoms with Crippen LogP contribution in [0.1, 0.15) is 33.3 Å². The minimum absolute atomic E-state index is 0.137. The van der Waals surface area contributed by atoms with E-state index in [2.05, 4.69) is 48.6 Å². The van der Waals surface area contributed by atoms with Crippen molar-refractivity contribution in [2.24, 2.45) is 4.99 Å². The van der Waals surface area contributed by atoms with Crippen molar-refractivity contribution < 1.29 is 0 Å². The van der Waals surface area contributed by atoms with Gasteiger partial charge in [-0.05, 0) is 45.4 Å². The Kier molecular flexibility index (Phi) is 7.54. The molecule has 21 heavy (non-hydrogen) atoms. The standard InChI is InChI=1S/C16H27ClN4/c1-5-18-15(19-9-10-21-16(2,3)4)20-12-13-7-6-8-14(17)11-13/h6-8,11,21H,5,9-10,12H2,1-4H3,(H2,18,19,20). The molecule has 0 aliphatic carbocycles. The van der Waals surface area contributed by atoms with Gasteiger partial charge in [0.2, 0.25) is 0 Å². The van der Waals surface area contributed by atoms with Crippen LogP contribution in [0, 0.1) is 0 Å². The van der Waals surface area contributed by atoms with Gasteiger partial charge in [0.25, 0.3) is 0 Å². The van der Waals surface area contributed by atoms with Gasteiger partial charge in [0.05, 0.1) is 6.54 Å². The van der Waals surface area contributed by atoms with Crippen molar-refractivity contribution in [2.75, 3.05) is 19.6 Å². The second kappa shape index (κ2) is 8.90. The van der Waals surface area contributed by atoms with Gasteiger partial charge in [-0.2, -0.15) is 0 Å². The molecular weight excluding hydrogens is 284 g/mol. The molecule has 0 amide bonds. The minimum atomic E-state index is 0.137. The number of halogens is 1. The lowest BCUT2D eigenvalue weighted by atomic mass is 10.1. The van der Waals surface area contributed by atoms with Crippen molar-refractivity contribution in [3.63, 3.8) is 0 Å². The summed E-state index contributed by atoms with van der Waals surface area (Å²) < 4.78 is 0. The summed E-state index contributed by atoms with van der Waals surface area (Å²) in [7, 11) is 0. The lowest BCUT2D eigenvalue weighted by Gasteiger charge is -2.21. The van der Waals surface area contributed by atoms with Gasteiger partial charge in [-0.15, -0.1) is 0 Å². The molecule has 1 rings (SSSR count). The first kappa shape index (κ1) is 17.8. The highest BCUT2D eigenvalue weighted by Crippen LogP contribution is 2.11. The number of guanidine groups is 1. The van der Waals surface area contributed by atoms with Crippen LogP contribution >= 0.6 is 11.6 Å². The van der Waals surface area contributed by atoms with Crippen LogP contribution in [-0.2, 0) is 6.54 Å². The van der Waals surface area contributed by atoms with Gasteiger partial charge in [-0.25, -0.2) is 4.99 Å². The van der Waals surface area contributed by atoms with E-state index >= 15 is 0 Å². The zero-order valence-corrected chi connectivity index (χ0v) is 14.2. The maximum absolute atomic E-state index is 5.98. The first-order valence-corrected chi connectivity index (χ1v) is 7.80. The van der Waals surface area contributed by atoms with Crippen molar-refractivity contribution in [3.05, 3.63) is 34.9 Å². The molecule has 0 saturated carbocycles. The third-order valence-corrected chi connectivity index (χ3v) is 2.96. The number of rotatable bonds is 6. The van der Waals surface area contributed by atoms with Crippen molar-refractivity contribution in [1.82, 2.24) is 16.0 Å². The number of nitrogens with zero attached hydrogens (tertiary/aromatic N) is 1. The SMILES string of the molecule is CCNC(=NCc1cccc(Cl)c1)NCCNC(C)(C)C. The molecule has 0 saturated heterocycles. The Morgan fingerprint density at radius 2 is 1.95 bits per heavy atom. The maximum atomic E-state index is 5.98. The van der Waals surface area contributed by atoms with Gasteiger partial charge in [0.1, 0.15) is 0 Å². The van der Waals surface area contributed by atoms with Gasteiger partial charge in [-0.3, -0.25) is 0 Å². The Morgan fingerprint density at radius 3 is 2.57 bits per heavy atom. The molecule has 3 N–H and O–H groups in total. The van der Waals surface area contributed by atoms with Crippen LogP contribution in [0.5, 0.6) is 0 Å². The Balaban J connectivity index is 2.46. The lowest BCUT2D eigenvalue weighted by molar-refractivity contribution is 0.428. The fourth-order valence-corrected chi connectivity index (χ4v) is 1.98. The highest BCUT2D eigenvalue weighted by atomic mass is 35.5. The predicted octanol–water partition coefficient (Wildman–Crippen LogP) is 2.78. The molecule has 0 aromatic heterocycles. The predicted molar refractivity (Wildman–Crippen MR) is 92.0 cm³/mol. The molecule has 0 spiro atoms. The second-order valence-corrected chi connectivity index (χ2v) is 6.37. The number of hydrogen-bond acceptors (Lipinski definition) is 2. The van der Waals surface area contributed by atoms with E-state index in [4.69, 9.17) is 11.6 Å². The van der Waals surface area contributed by atoms with Crippen LogP contribution in [0.4, 0.5) is 0 Å². The summed E-state index contributed by atoms with van der Waals surface area (Å²) in [4.78, 5) is 4.57. The summed E-state index contributed by atoms with van der Waals surface area (Å²) in [5, 5.41) is 10.7. The molecule has 0 aliphatic heterocycles. The van der Waals surface area contributed by atoms with Crippen molar-refractivity contribution in [3.8, 4) is 0 Å². The Bertz CT molecular complexity index is 452. The van der Waals surface area contributed by atoms with Crippen molar-refractivity contribution in [1.29, 1.82) is 0 Å². The minimum Gasteiger partial charge on any atom is -0.357 e.